The van der Waals surface area contributed by atoms with Crippen LogP contribution in [-0.4, -0.2) is 21.5 Å². The number of rotatable bonds is 5. The summed E-state index contributed by atoms with van der Waals surface area (Å²) in [5, 5.41) is 3.19. The van der Waals surface area contributed by atoms with Crippen molar-refractivity contribution in [3.8, 4) is 0 Å². The van der Waals surface area contributed by atoms with Crippen molar-refractivity contribution in [3.05, 3.63) is 42.5 Å². The van der Waals surface area contributed by atoms with Gasteiger partial charge in [0.05, 0.1) is 0 Å². The highest BCUT2D eigenvalue weighted by Crippen LogP contribution is 2.07. The predicted octanol–water partition coefficient (Wildman–Crippen LogP) is 0.812. The van der Waals surface area contributed by atoms with Crippen LogP contribution in [0.1, 0.15) is 5.56 Å². The number of hydrazine groups is 1. The quantitative estimate of drug-likeness (QED) is 0.520. The van der Waals surface area contributed by atoms with Crippen molar-refractivity contribution in [2.24, 2.45) is 5.84 Å². The Morgan fingerprint density at radius 2 is 2.12 bits per heavy atom. The molecule has 0 aromatic carbocycles. The zero-order valence-corrected chi connectivity index (χ0v) is 9.30. The van der Waals surface area contributed by atoms with E-state index in [9.17, 15) is 0 Å². The van der Waals surface area contributed by atoms with Crippen LogP contribution >= 0.6 is 0 Å². The number of nitrogen functional groups attached to an aromatic ring is 1. The van der Waals surface area contributed by atoms with Gasteiger partial charge in [-0.05, 0) is 18.1 Å². The molecular formula is C11H14N6. The summed E-state index contributed by atoms with van der Waals surface area (Å²) in [6.45, 7) is 0.784. The summed E-state index contributed by atoms with van der Waals surface area (Å²) in [7, 11) is 0. The van der Waals surface area contributed by atoms with E-state index in [0.29, 0.717) is 5.82 Å². The lowest BCUT2D eigenvalue weighted by Gasteiger charge is -2.06. The van der Waals surface area contributed by atoms with Crippen LogP contribution in [0, 0.1) is 0 Å². The van der Waals surface area contributed by atoms with Gasteiger partial charge in [0, 0.05) is 25.0 Å². The number of hydrogen-bond donors (Lipinski definition) is 3. The van der Waals surface area contributed by atoms with Crippen molar-refractivity contribution in [1.82, 2.24) is 15.0 Å². The average molecular weight is 230 g/mol. The van der Waals surface area contributed by atoms with Gasteiger partial charge in [0.1, 0.15) is 18.0 Å². The second-order valence-corrected chi connectivity index (χ2v) is 3.47. The first-order valence-electron chi connectivity index (χ1n) is 5.30. The van der Waals surface area contributed by atoms with Gasteiger partial charge in [0.25, 0.3) is 0 Å². The van der Waals surface area contributed by atoms with Gasteiger partial charge in [0.15, 0.2) is 0 Å². The standard InChI is InChI=1S/C11H14N6/c12-17-11-6-10(15-8-16-11)14-5-3-9-2-1-4-13-7-9/h1-2,4,6-8H,3,5,12H2,(H2,14,15,16,17). The first kappa shape index (κ1) is 11.3. The van der Waals surface area contributed by atoms with Gasteiger partial charge in [-0.15, -0.1) is 0 Å². The summed E-state index contributed by atoms with van der Waals surface area (Å²) in [6.07, 6.45) is 5.97. The predicted molar refractivity (Wildman–Crippen MR) is 66.3 cm³/mol. The normalized spacial score (nSPS) is 9.94. The molecule has 2 aromatic rings. The zero-order valence-electron chi connectivity index (χ0n) is 9.30. The van der Waals surface area contributed by atoms with Crippen molar-refractivity contribution >= 4 is 11.6 Å². The van der Waals surface area contributed by atoms with Crippen LogP contribution in [0.3, 0.4) is 0 Å². The first-order valence-corrected chi connectivity index (χ1v) is 5.30. The number of nitrogens with zero attached hydrogens (tertiary/aromatic N) is 3. The molecule has 6 nitrogen and oxygen atoms in total. The summed E-state index contributed by atoms with van der Waals surface area (Å²) in [5.74, 6) is 6.60. The van der Waals surface area contributed by atoms with Crippen LogP contribution in [0.25, 0.3) is 0 Å². The summed E-state index contributed by atoms with van der Waals surface area (Å²) in [6, 6.07) is 5.72. The molecule has 0 unspecified atom stereocenters. The molecule has 0 fully saturated rings. The van der Waals surface area contributed by atoms with Crippen LogP contribution in [0.4, 0.5) is 11.6 Å². The minimum Gasteiger partial charge on any atom is -0.370 e. The number of pyridine rings is 1. The fraction of sp³-hybridized carbons (Fsp3) is 0.182. The van der Waals surface area contributed by atoms with E-state index in [0.717, 1.165) is 18.8 Å². The molecule has 0 aliphatic rings. The average Bonchev–Trinajstić information content (AvgIpc) is 2.40. The summed E-state index contributed by atoms with van der Waals surface area (Å²) in [5.41, 5.74) is 3.66. The molecule has 0 atom stereocenters. The topological polar surface area (TPSA) is 88.8 Å². The van der Waals surface area contributed by atoms with Gasteiger partial charge < -0.3 is 10.7 Å². The lowest BCUT2D eigenvalue weighted by Crippen LogP contribution is -2.11. The molecule has 2 rings (SSSR count). The Morgan fingerprint density at radius 3 is 2.88 bits per heavy atom. The highest BCUT2D eigenvalue weighted by Gasteiger charge is 1.97. The third-order valence-electron chi connectivity index (χ3n) is 2.26. The Morgan fingerprint density at radius 1 is 1.24 bits per heavy atom. The minimum absolute atomic E-state index is 0.587. The van der Waals surface area contributed by atoms with Crippen LogP contribution < -0.4 is 16.6 Å². The second kappa shape index (κ2) is 5.76. The van der Waals surface area contributed by atoms with Crippen molar-refractivity contribution in [1.29, 1.82) is 0 Å². The number of nitrogens with one attached hydrogen (secondary N) is 2. The molecule has 0 radical (unpaired) electrons. The molecule has 0 saturated heterocycles. The van der Waals surface area contributed by atoms with Gasteiger partial charge in [-0.2, -0.15) is 0 Å². The molecular weight excluding hydrogens is 216 g/mol. The third kappa shape index (κ3) is 3.39. The number of aromatic nitrogens is 3. The highest BCUT2D eigenvalue weighted by atomic mass is 15.3. The van der Waals surface area contributed by atoms with Gasteiger partial charge >= 0.3 is 0 Å². The van der Waals surface area contributed by atoms with E-state index in [4.69, 9.17) is 5.84 Å². The summed E-state index contributed by atoms with van der Waals surface area (Å²) < 4.78 is 0. The summed E-state index contributed by atoms with van der Waals surface area (Å²) in [4.78, 5) is 12.1. The van der Waals surface area contributed by atoms with E-state index in [1.54, 1.807) is 12.3 Å². The monoisotopic (exact) mass is 230 g/mol. The molecule has 17 heavy (non-hydrogen) atoms. The molecule has 0 spiro atoms. The maximum Gasteiger partial charge on any atom is 0.145 e. The van der Waals surface area contributed by atoms with Crippen molar-refractivity contribution in [3.63, 3.8) is 0 Å². The molecule has 2 heterocycles. The van der Waals surface area contributed by atoms with Gasteiger partial charge in [-0.3, -0.25) is 4.98 Å². The first-order chi connectivity index (χ1) is 8.38. The van der Waals surface area contributed by atoms with E-state index in [1.165, 1.54) is 11.9 Å². The van der Waals surface area contributed by atoms with E-state index < -0.39 is 0 Å². The lowest BCUT2D eigenvalue weighted by molar-refractivity contribution is 0.987. The molecule has 4 N–H and O–H groups in total. The molecule has 6 heteroatoms. The van der Waals surface area contributed by atoms with Crippen molar-refractivity contribution < 1.29 is 0 Å². The Balaban J connectivity index is 1.86. The Labute approximate surface area is 99.3 Å². The highest BCUT2D eigenvalue weighted by molar-refractivity contribution is 5.45. The largest absolute Gasteiger partial charge is 0.370 e. The molecule has 0 saturated carbocycles. The van der Waals surface area contributed by atoms with E-state index >= 15 is 0 Å². The molecule has 2 aromatic heterocycles. The third-order valence-corrected chi connectivity index (χ3v) is 2.26. The van der Waals surface area contributed by atoms with Gasteiger partial charge in [0.2, 0.25) is 0 Å². The van der Waals surface area contributed by atoms with Crippen molar-refractivity contribution in [2.75, 3.05) is 17.3 Å². The van der Waals surface area contributed by atoms with Gasteiger partial charge in [-0.1, -0.05) is 6.07 Å². The van der Waals surface area contributed by atoms with E-state index in [1.807, 2.05) is 18.3 Å². The Kier molecular flexibility index (Phi) is 3.82. The van der Waals surface area contributed by atoms with Crippen molar-refractivity contribution in [2.45, 2.75) is 6.42 Å². The number of nitrogens with two attached hydrogens (primary N) is 1. The summed E-state index contributed by atoms with van der Waals surface area (Å²) >= 11 is 0. The minimum atomic E-state index is 0.587. The zero-order chi connectivity index (χ0) is 11.9. The van der Waals surface area contributed by atoms with E-state index in [-0.39, 0.29) is 0 Å². The van der Waals surface area contributed by atoms with Gasteiger partial charge in [-0.25, -0.2) is 15.8 Å². The number of anilines is 2. The van der Waals surface area contributed by atoms with Crippen LogP contribution in [0.2, 0.25) is 0 Å². The number of hydrogen-bond acceptors (Lipinski definition) is 6. The van der Waals surface area contributed by atoms with Crippen LogP contribution in [0.15, 0.2) is 36.9 Å². The fourth-order valence-corrected chi connectivity index (χ4v) is 1.41. The molecule has 0 aliphatic heterocycles. The maximum atomic E-state index is 5.26. The molecule has 0 bridgehead atoms. The molecule has 0 aliphatic carbocycles. The van der Waals surface area contributed by atoms with Crippen LogP contribution in [-0.2, 0) is 6.42 Å². The Hall–Kier alpha value is -2.21. The van der Waals surface area contributed by atoms with E-state index in [2.05, 4.69) is 25.7 Å². The maximum absolute atomic E-state index is 5.26. The smallest absolute Gasteiger partial charge is 0.145 e. The second-order valence-electron chi connectivity index (χ2n) is 3.47. The van der Waals surface area contributed by atoms with Crippen LogP contribution in [0.5, 0.6) is 0 Å². The Bertz CT molecular complexity index is 459. The lowest BCUT2D eigenvalue weighted by atomic mass is 10.2. The molecule has 88 valence electrons. The molecule has 0 amide bonds. The SMILES string of the molecule is NNc1cc(NCCc2cccnc2)ncn1. The fourth-order valence-electron chi connectivity index (χ4n) is 1.41.